The Morgan fingerprint density at radius 3 is 2.62 bits per heavy atom. The highest BCUT2D eigenvalue weighted by molar-refractivity contribution is 7.09. The van der Waals surface area contributed by atoms with Gasteiger partial charge in [0.25, 0.3) is 0 Å². The maximum absolute atomic E-state index is 4.77. The van der Waals surface area contributed by atoms with Gasteiger partial charge in [-0.3, -0.25) is 4.68 Å². The number of hydrogen-bond donors (Lipinski definition) is 1. The summed E-state index contributed by atoms with van der Waals surface area (Å²) in [7, 11) is 0. The van der Waals surface area contributed by atoms with Crippen LogP contribution < -0.4 is 5.32 Å². The van der Waals surface area contributed by atoms with Crippen LogP contribution >= 0.6 is 11.3 Å². The fourth-order valence-electron chi connectivity index (χ4n) is 2.45. The summed E-state index contributed by atoms with van der Waals surface area (Å²) in [6, 6.07) is 10.6. The average molecular weight is 341 g/mol. The molecule has 2 heterocycles. The van der Waals surface area contributed by atoms with Gasteiger partial charge < -0.3 is 5.32 Å². The summed E-state index contributed by atoms with van der Waals surface area (Å²) < 4.78 is 1.85. The van der Waals surface area contributed by atoms with Crippen LogP contribution in [-0.2, 0) is 18.5 Å². The molecule has 1 N–H and O–H groups in total. The van der Waals surface area contributed by atoms with Crippen molar-refractivity contribution in [2.45, 2.75) is 45.3 Å². The molecule has 0 saturated carbocycles. The third-order valence-corrected chi connectivity index (χ3v) is 5.08. The number of thiazole rings is 1. The van der Waals surface area contributed by atoms with Crippen molar-refractivity contribution in [3.8, 4) is 0 Å². The maximum Gasteiger partial charge on any atom is 0.137 e. The lowest BCUT2D eigenvalue weighted by molar-refractivity contribution is 0.434. The predicted molar refractivity (Wildman–Crippen MR) is 96.9 cm³/mol. The van der Waals surface area contributed by atoms with Gasteiger partial charge in [-0.2, -0.15) is 5.10 Å². The van der Waals surface area contributed by atoms with E-state index < -0.39 is 0 Å². The molecule has 0 saturated heterocycles. The third kappa shape index (κ3) is 4.27. The van der Waals surface area contributed by atoms with Crippen LogP contribution in [0.3, 0.4) is 0 Å². The van der Waals surface area contributed by atoms with Gasteiger partial charge in [0, 0.05) is 17.3 Å². The molecule has 1 aromatic carbocycles. The summed E-state index contributed by atoms with van der Waals surface area (Å²) >= 11 is 1.73. The van der Waals surface area contributed by atoms with Crippen molar-refractivity contribution in [2.75, 3.05) is 0 Å². The van der Waals surface area contributed by atoms with Gasteiger partial charge in [0.1, 0.15) is 12.7 Å². The van der Waals surface area contributed by atoms with E-state index in [4.69, 9.17) is 4.98 Å². The van der Waals surface area contributed by atoms with Crippen molar-refractivity contribution in [3.05, 3.63) is 64.6 Å². The van der Waals surface area contributed by atoms with E-state index in [1.54, 1.807) is 24.0 Å². The summed E-state index contributed by atoms with van der Waals surface area (Å²) in [6.07, 6.45) is 3.32. The molecule has 0 amide bonds. The van der Waals surface area contributed by atoms with Crippen LogP contribution in [0.4, 0.5) is 0 Å². The van der Waals surface area contributed by atoms with Crippen LogP contribution in [0.25, 0.3) is 0 Å². The minimum Gasteiger partial charge on any atom is -0.303 e. The van der Waals surface area contributed by atoms with Crippen molar-refractivity contribution in [1.29, 1.82) is 0 Å². The fourth-order valence-corrected chi connectivity index (χ4v) is 3.35. The molecular weight excluding hydrogens is 318 g/mol. The summed E-state index contributed by atoms with van der Waals surface area (Å²) in [4.78, 5) is 8.80. The third-order valence-electron chi connectivity index (χ3n) is 3.76. The molecule has 0 radical (unpaired) electrons. The lowest BCUT2D eigenvalue weighted by Crippen LogP contribution is -2.26. The van der Waals surface area contributed by atoms with E-state index >= 15 is 0 Å². The van der Waals surface area contributed by atoms with Crippen molar-refractivity contribution in [1.82, 2.24) is 25.1 Å². The zero-order valence-corrected chi connectivity index (χ0v) is 15.1. The summed E-state index contributed by atoms with van der Waals surface area (Å²) in [5.74, 6) is 0. The Bertz CT molecular complexity index is 743. The van der Waals surface area contributed by atoms with Gasteiger partial charge in [-0.1, -0.05) is 51.1 Å². The smallest absolute Gasteiger partial charge is 0.137 e. The van der Waals surface area contributed by atoms with Gasteiger partial charge in [0.2, 0.25) is 0 Å². The Morgan fingerprint density at radius 2 is 2.00 bits per heavy atom. The number of hydrogen-bond acceptors (Lipinski definition) is 5. The van der Waals surface area contributed by atoms with E-state index in [0.717, 1.165) is 18.8 Å². The zero-order chi connectivity index (χ0) is 17.0. The Kier molecular flexibility index (Phi) is 5.06. The minimum atomic E-state index is 0.0997. The molecule has 0 fully saturated rings. The van der Waals surface area contributed by atoms with Gasteiger partial charge in [-0.25, -0.2) is 9.97 Å². The molecule has 0 aliphatic rings. The first-order valence-corrected chi connectivity index (χ1v) is 8.96. The van der Waals surface area contributed by atoms with Crippen LogP contribution in [0, 0.1) is 0 Å². The van der Waals surface area contributed by atoms with Crippen LogP contribution in [-0.4, -0.2) is 19.7 Å². The molecule has 3 aromatic rings. The largest absolute Gasteiger partial charge is 0.303 e. The monoisotopic (exact) mass is 341 g/mol. The molecule has 0 aliphatic heterocycles. The van der Waals surface area contributed by atoms with Crippen LogP contribution in [0.15, 0.2) is 48.4 Å². The molecule has 0 bridgehead atoms. The van der Waals surface area contributed by atoms with Crippen LogP contribution in [0.5, 0.6) is 0 Å². The molecule has 24 heavy (non-hydrogen) atoms. The van der Waals surface area contributed by atoms with Gasteiger partial charge in [-0.05, 0) is 5.56 Å². The first-order valence-electron chi connectivity index (χ1n) is 8.08. The first kappa shape index (κ1) is 16.8. The van der Waals surface area contributed by atoms with Crippen molar-refractivity contribution >= 4 is 11.3 Å². The fraction of sp³-hybridized carbons (Fsp3) is 0.389. The molecule has 126 valence electrons. The van der Waals surface area contributed by atoms with Crippen LogP contribution in [0.1, 0.15) is 43.1 Å². The molecule has 3 rings (SSSR count). The number of nitrogens with one attached hydrogen (secondary N) is 1. The SMILES string of the molecule is CC(C)(C)c1nc(CN[C@H](Cn2cncn2)c2ccccc2)cs1. The highest BCUT2D eigenvalue weighted by Gasteiger charge is 2.18. The molecule has 6 heteroatoms. The Labute approximate surface area is 146 Å². The van der Waals surface area contributed by atoms with E-state index in [0.29, 0.717) is 0 Å². The molecular formula is C18H23N5S. The Hall–Kier alpha value is -2.05. The molecule has 0 unspecified atom stereocenters. The van der Waals surface area contributed by atoms with Crippen molar-refractivity contribution < 1.29 is 0 Å². The van der Waals surface area contributed by atoms with E-state index in [9.17, 15) is 0 Å². The number of benzene rings is 1. The van der Waals surface area contributed by atoms with Crippen LogP contribution in [0.2, 0.25) is 0 Å². The molecule has 2 aromatic heterocycles. The zero-order valence-electron chi connectivity index (χ0n) is 14.3. The molecule has 5 nitrogen and oxygen atoms in total. The summed E-state index contributed by atoms with van der Waals surface area (Å²) in [5.41, 5.74) is 2.42. The second kappa shape index (κ2) is 7.23. The van der Waals surface area contributed by atoms with E-state index in [2.05, 4.69) is 65.8 Å². The molecule has 0 spiro atoms. The molecule has 1 atom stereocenters. The summed E-state index contributed by atoms with van der Waals surface area (Å²) in [5, 5.41) is 11.2. The number of aromatic nitrogens is 4. The predicted octanol–water partition coefficient (Wildman–Crippen LogP) is 3.56. The standard InChI is InChI=1S/C18H23N5S/c1-18(2,3)17-22-15(11-24-17)9-20-16(10-23-13-19-12-21-23)14-7-5-4-6-8-14/h4-8,11-13,16,20H,9-10H2,1-3H3/t16-/m1/s1. The quantitative estimate of drug-likeness (QED) is 0.745. The maximum atomic E-state index is 4.77. The second-order valence-electron chi connectivity index (χ2n) is 6.86. The number of nitrogens with zero attached hydrogens (tertiary/aromatic N) is 4. The normalized spacial score (nSPS) is 13.1. The Morgan fingerprint density at radius 1 is 1.21 bits per heavy atom. The van der Waals surface area contributed by atoms with Crippen molar-refractivity contribution in [2.24, 2.45) is 0 Å². The van der Waals surface area contributed by atoms with Gasteiger partial charge in [0.15, 0.2) is 0 Å². The van der Waals surface area contributed by atoms with E-state index in [-0.39, 0.29) is 11.5 Å². The van der Waals surface area contributed by atoms with Gasteiger partial charge in [0.05, 0.1) is 23.3 Å². The highest BCUT2D eigenvalue weighted by Crippen LogP contribution is 2.26. The second-order valence-corrected chi connectivity index (χ2v) is 7.71. The number of rotatable bonds is 6. The van der Waals surface area contributed by atoms with Crippen molar-refractivity contribution in [3.63, 3.8) is 0 Å². The Balaban J connectivity index is 1.71. The minimum absolute atomic E-state index is 0.0997. The topological polar surface area (TPSA) is 55.6 Å². The first-order chi connectivity index (χ1) is 11.5. The summed E-state index contributed by atoms with van der Waals surface area (Å²) in [6.45, 7) is 8.06. The molecule has 0 aliphatic carbocycles. The average Bonchev–Trinajstić information content (AvgIpc) is 3.23. The lowest BCUT2D eigenvalue weighted by atomic mass is 9.98. The van der Waals surface area contributed by atoms with E-state index in [1.807, 2.05) is 10.7 Å². The van der Waals surface area contributed by atoms with Gasteiger partial charge in [-0.15, -0.1) is 11.3 Å². The lowest BCUT2D eigenvalue weighted by Gasteiger charge is -2.19. The highest BCUT2D eigenvalue weighted by atomic mass is 32.1. The van der Waals surface area contributed by atoms with Gasteiger partial charge >= 0.3 is 0 Å². The van der Waals surface area contributed by atoms with E-state index in [1.165, 1.54) is 10.6 Å².